The van der Waals surface area contributed by atoms with Crippen molar-refractivity contribution in [3.8, 4) is 0 Å². The number of hydrogen-bond acceptors (Lipinski definition) is 2. The van der Waals surface area contributed by atoms with Crippen molar-refractivity contribution in [2.24, 2.45) is 17.8 Å². The second kappa shape index (κ2) is 5.63. The van der Waals surface area contributed by atoms with Crippen molar-refractivity contribution in [2.75, 3.05) is 0 Å². The lowest BCUT2D eigenvalue weighted by Gasteiger charge is -2.56. The Kier molecular flexibility index (Phi) is 3.87. The van der Waals surface area contributed by atoms with Gasteiger partial charge in [-0.05, 0) is 63.2 Å². The molecule has 1 amide bonds. The van der Waals surface area contributed by atoms with Crippen molar-refractivity contribution < 1.29 is 18.0 Å². The van der Waals surface area contributed by atoms with Crippen molar-refractivity contribution in [3.05, 3.63) is 16.4 Å². The smallest absolute Gasteiger partial charge is 0.349 e. The Morgan fingerprint density at radius 1 is 1.24 bits per heavy atom. The quantitative estimate of drug-likeness (QED) is 0.869. The molecule has 0 saturated heterocycles. The average Bonchev–Trinajstić information content (AvgIpc) is 2.73. The Morgan fingerprint density at radius 3 is 2.20 bits per heavy atom. The van der Waals surface area contributed by atoms with Crippen LogP contribution in [0.25, 0.3) is 0 Å². The second-order valence-electron chi connectivity index (χ2n) is 8.15. The van der Waals surface area contributed by atoms with Crippen LogP contribution in [0, 0.1) is 24.7 Å². The van der Waals surface area contributed by atoms with Gasteiger partial charge in [-0.25, -0.2) is 0 Å². The zero-order valence-electron chi connectivity index (χ0n) is 14.0. The van der Waals surface area contributed by atoms with E-state index >= 15 is 0 Å². The lowest BCUT2D eigenvalue weighted by atomic mass is 9.53. The standard InChI is InChI=1S/C17H21ClF3N3O/c1-9-14(18)15(17(19,20)21)23-24(9)8-13(25)22-16-5-10-2-11(6-16)4-12(3-10)7-16/h10-12H,2-8H2,1H3,(H,22,25). The van der Waals surface area contributed by atoms with Gasteiger partial charge in [-0.3, -0.25) is 9.48 Å². The third-order valence-corrected chi connectivity index (χ3v) is 6.59. The predicted molar refractivity (Wildman–Crippen MR) is 86.0 cm³/mol. The molecular weight excluding hydrogens is 355 g/mol. The summed E-state index contributed by atoms with van der Waals surface area (Å²) in [6.07, 6.45) is 2.16. The van der Waals surface area contributed by atoms with Gasteiger partial charge in [0.05, 0.1) is 10.7 Å². The number of hydrogen-bond donors (Lipinski definition) is 1. The molecule has 4 aliphatic carbocycles. The summed E-state index contributed by atoms with van der Waals surface area (Å²) in [7, 11) is 0. The van der Waals surface area contributed by atoms with E-state index in [1.165, 1.54) is 26.2 Å². The van der Waals surface area contributed by atoms with Gasteiger partial charge in [0.2, 0.25) is 5.91 Å². The molecule has 25 heavy (non-hydrogen) atoms. The topological polar surface area (TPSA) is 46.9 Å². The zero-order valence-corrected chi connectivity index (χ0v) is 14.8. The summed E-state index contributed by atoms with van der Waals surface area (Å²) in [6.45, 7) is 1.21. The number of alkyl halides is 3. The number of aromatic nitrogens is 2. The highest BCUT2D eigenvalue weighted by molar-refractivity contribution is 6.32. The maximum absolute atomic E-state index is 12.9. The first-order valence-electron chi connectivity index (χ1n) is 8.76. The first-order valence-corrected chi connectivity index (χ1v) is 9.14. The summed E-state index contributed by atoms with van der Waals surface area (Å²) < 4.78 is 39.8. The molecule has 4 saturated carbocycles. The summed E-state index contributed by atoms with van der Waals surface area (Å²) in [5, 5.41) is 6.22. The van der Waals surface area contributed by atoms with Crippen molar-refractivity contribution in [1.29, 1.82) is 0 Å². The Labute approximate surface area is 149 Å². The summed E-state index contributed by atoms with van der Waals surface area (Å²) >= 11 is 5.75. The normalized spacial score (nSPS) is 33.7. The van der Waals surface area contributed by atoms with Crippen LogP contribution in [0.3, 0.4) is 0 Å². The molecule has 0 radical (unpaired) electrons. The third kappa shape index (κ3) is 3.04. The lowest BCUT2D eigenvalue weighted by Crippen LogP contribution is -2.60. The Balaban J connectivity index is 1.48. The van der Waals surface area contributed by atoms with Crippen LogP contribution >= 0.6 is 11.6 Å². The maximum atomic E-state index is 12.9. The number of rotatable bonds is 3. The van der Waals surface area contributed by atoms with Crippen molar-refractivity contribution in [2.45, 2.75) is 63.7 Å². The van der Waals surface area contributed by atoms with Gasteiger partial charge in [0.25, 0.3) is 0 Å². The highest BCUT2D eigenvalue weighted by Crippen LogP contribution is 2.55. The number of halogens is 4. The highest BCUT2D eigenvalue weighted by atomic mass is 35.5. The molecule has 0 atom stereocenters. The SMILES string of the molecule is Cc1c(Cl)c(C(F)(F)F)nn1CC(=O)NC12CC3CC(CC(C3)C1)C2. The fourth-order valence-corrected chi connectivity index (χ4v) is 5.84. The van der Waals surface area contributed by atoms with E-state index in [1.54, 1.807) is 0 Å². The third-order valence-electron chi connectivity index (χ3n) is 6.14. The minimum atomic E-state index is -4.62. The van der Waals surface area contributed by atoms with E-state index in [2.05, 4.69) is 10.4 Å². The summed E-state index contributed by atoms with van der Waals surface area (Å²) in [5.74, 6) is 1.77. The molecule has 1 heterocycles. The van der Waals surface area contributed by atoms with Gasteiger partial charge < -0.3 is 5.32 Å². The molecule has 0 spiro atoms. The number of nitrogens with zero attached hydrogens (tertiary/aromatic N) is 2. The molecule has 4 bridgehead atoms. The number of amides is 1. The summed E-state index contributed by atoms with van der Waals surface area (Å²) in [4.78, 5) is 12.5. The largest absolute Gasteiger partial charge is 0.436 e. The first-order chi connectivity index (χ1) is 11.7. The minimum Gasteiger partial charge on any atom is -0.349 e. The van der Waals surface area contributed by atoms with Gasteiger partial charge in [0.15, 0.2) is 5.69 Å². The van der Waals surface area contributed by atoms with Crippen LogP contribution in [-0.2, 0) is 17.5 Å². The van der Waals surface area contributed by atoms with Crippen LogP contribution in [-0.4, -0.2) is 21.2 Å². The van der Waals surface area contributed by atoms with Crippen molar-refractivity contribution >= 4 is 17.5 Å². The van der Waals surface area contributed by atoms with Gasteiger partial charge in [-0.15, -0.1) is 0 Å². The Hall–Kier alpha value is -1.24. The van der Waals surface area contributed by atoms with Gasteiger partial charge in [-0.2, -0.15) is 18.3 Å². The van der Waals surface area contributed by atoms with Crippen molar-refractivity contribution in [1.82, 2.24) is 15.1 Å². The van der Waals surface area contributed by atoms with Crippen LogP contribution < -0.4 is 5.32 Å². The van der Waals surface area contributed by atoms with Crippen LogP contribution in [0.4, 0.5) is 13.2 Å². The average molecular weight is 376 g/mol. The van der Waals surface area contributed by atoms with Crippen LogP contribution in [0.2, 0.25) is 5.02 Å². The Morgan fingerprint density at radius 2 is 1.76 bits per heavy atom. The molecule has 1 N–H and O–H groups in total. The van der Waals surface area contributed by atoms with Crippen LogP contribution in [0.5, 0.6) is 0 Å². The molecule has 5 rings (SSSR count). The van der Waals surface area contributed by atoms with Crippen LogP contribution in [0.15, 0.2) is 0 Å². The van der Waals surface area contributed by atoms with Gasteiger partial charge in [0.1, 0.15) is 6.54 Å². The molecule has 4 fully saturated rings. The van der Waals surface area contributed by atoms with E-state index in [1.807, 2.05) is 0 Å². The maximum Gasteiger partial charge on any atom is 0.436 e. The summed E-state index contributed by atoms with van der Waals surface area (Å²) in [5.41, 5.74) is -1.13. The number of nitrogens with one attached hydrogen (secondary N) is 1. The molecule has 0 aromatic carbocycles. The van der Waals surface area contributed by atoms with E-state index in [0.29, 0.717) is 17.8 Å². The highest BCUT2D eigenvalue weighted by Gasteiger charge is 2.51. The lowest BCUT2D eigenvalue weighted by molar-refractivity contribution is -0.141. The van der Waals surface area contributed by atoms with E-state index in [-0.39, 0.29) is 23.7 Å². The van der Waals surface area contributed by atoms with E-state index < -0.39 is 16.9 Å². The molecule has 8 heteroatoms. The Bertz CT molecular complexity index is 677. The van der Waals surface area contributed by atoms with E-state index in [9.17, 15) is 18.0 Å². The molecule has 1 aromatic heterocycles. The molecule has 1 aromatic rings. The first kappa shape index (κ1) is 17.2. The van der Waals surface area contributed by atoms with Gasteiger partial charge in [-0.1, -0.05) is 11.6 Å². The van der Waals surface area contributed by atoms with E-state index in [4.69, 9.17) is 11.6 Å². The fourth-order valence-electron chi connectivity index (χ4n) is 5.59. The van der Waals surface area contributed by atoms with Gasteiger partial charge >= 0.3 is 6.18 Å². The van der Waals surface area contributed by atoms with Crippen molar-refractivity contribution in [3.63, 3.8) is 0 Å². The fraction of sp³-hybridized carbons (Fsp3) is 0.765. The number of carbonyl (C=O) groups excluding carboxylic acids is 1. The molecule has 138 valence electrons. The zero-order chi connectivity index (χ0) is 18.0. The molecule has 4 nitrogen and oxygen atoms in total. The monoisotopic (exact) mass is 375 g/mol. The van der Waals surface area contributed by atoms with Gasteiger partial charge in [0, 0.05) is 5.54 Å². The molecule has 0 unspecified atom stereocenters. The second-order valence-corrected chi connectivity index (χ2v) is 8.53. The molecule has 0 aliphatic heterocycles. The molecular formula is C17H21ClF3N3O. The number of carbonyl (C=O) groups is 1. The minimum absolute atomic E-state index is 0.162. The molecule has 4 aliphatic rings. The predicted octanol–water partition coefficient (Wildman–Crippen LogP) is 3.95. The summed E-state index contributed by atoms with van der Waals surface area (Å²) in [6, 6.07) is 0. The van der Waals surface area contributed by atoms with Crippen LogP contribution in [0.1, 0.15) is 49.9 Å². The van der Waals surface area contributed by atoms with E-state index in [0.717, 1.165) is 23.9 Å².